The van der Waals surface area contributed by atoms with Gasteiger partial charge in [0, 0.05) is 20.1 Å². The van der Waals surface area contributed by atoms with E-state index in [1.807, 2.05) is 13.8 Å². The fourth-order valence-electron chi connectivity index (χ4n) is 2.13. The van der Waals surface area contributed by atoms with Gasteiger partial charge in [0.2, 0.25) is 5.91 Å². The predicted molar refractivity (Wildman–Crippen MR) is 67.3 cm³/mol. The third-order valence-electron chi connectivity index (χ3n) is 3.40. The summed E-state index contributed by atoms with van der Waals surface area (Å²) >= 11 is 0. The molecule has 0 aromatic heterocycles. The summed E-state index contributed by atoms with van der Waals surface area (Å²) in [5, 5.41) is 8.99. The van der Waals surface area contributed by atoms with Gasteiger partial charge in [0.1, 0.15) is 5.92 Å². The largest absolute Gasteiger partial charge is 0.343 e. The number of nitriles is 1. The smallest absolute Gasteiger partial charge is 0.239 e. The summed E-state index contributed by atoms with van der Waals surface area (Å²) in [6, 6.07) is 2.11. The zero-order chi connectivity index (χ0) is 12.8. The van der Waals surface area contributed by atoms with Crippen LogP contribution < -0.4 is 0 Å². The zero-order valence-electron chi connectivity index (χ0n) is 11.1. The van der Waals surface area contributed by atoms with E-state index in [2.05, 4.69) is 11.0 Å². The zero-order valence-corrected chi connectivity index (χ0v) is 11.1. The molecule has 1 aliphatic rings. The highest BCUT2D eigenvalue weighted by Gasteiger charge is 2.25. The highest BCUT2D eigenvalue weighted by atomic mass is 16.2. The fourth-order valence-corrected chi connectivity index (χ4v) is 2.13. The van der Waals surface area contributed by atoms with Crippen molar-refractivity contribution in [3.63, 3.8) is 0 Å². The first-order valence-corrected chi connectivity index (χ1v) is 6.43. The van der Waals surface area contributed by atoms with Crippen LogP contribution in [0, 0.1) is 23.2 Å². The van der Waals surface area contributed by atoms with Crippen LogP contribution >= 0.6 is 0 Å². The average molecular weight is 237 g/mol. The first kappa shape index (κ1) is 14.0. The molecule has 17 heavy (non-hydrogen) atoms. The first-order valence-electron chi connectivity index (χ1n) is 6.43. The summed E-state index contributed by atoms with van der Waals surface area (Å²) in [4.78, 5) is 16.1. The Bertz CT molecular complexity index is 290. The number of carbonyl (C=O) groups excluding carboxylic acids is 1. The number of nitrogens with zero attached hydrogens (tertiary/aromatic N) is 3. The molecule has 1 aliphatic heterocycles. The molecule has 1 fully saturated rings. The summed E-state index contributed by atoms with van der Waals surface area (Å²) in [7, 11) is 1.80. The van der Waals surface area contributed by atoms with E-state index in [4.69, 9.17) is 5.26 Å². The third kappa shape index (κ3) is 4.01. The van der Waals surface area contributed by atoms with E-state index in [1.165, 1.54) is 12.8 Å². The van der Waals surface area contributed by atoms with Crippen LogP contribution in [0.5, 0.6) is 0 Å². The molecule has 1 amide bonds. The summed E-state index contributed by atoms with van der Waals surface area (Å²) in [6.07, 6.45) is 2.54. The molecule has 0 bridgehead atoms. The normalized spacial score (nSPS) is 18.1. The van der Waals surface area contributed by atoms with E-state index < -0.39 is 5.92 Å². The molecule has 4 heteroatoms. The number of hydrogen-bond donors (Lipinski definition) is 0. The molecule has 0 N–H and O–H groups in total. The van der Waals surface area contributed by atoms with Gasteiger partial charge >= 0.3 is 0 Å². The van der Waals surface area contributed by atoms with Crippen LogP contribution in [0.3, 0.4) is 0 Å². The van der Waals surface area contributed by atoms with Crippen molar-refractivity contribution in [2.24, 2.45) is 11.8 Å². The van der Waals surface area contributed by atoms with E-state index in [1.54, 1.807) is 11.9 Å². The van der Waals surface area contributed by atoms with Gasteiger partial charge in [0.05, 0.1) is 6.07 Å². The Morgan fingerprint density at radius 3 is 2.47 bits per heavy atom. The number of rotatable bonds is 5. The van der Waals surface area contributed by atoms with Crippen molar-refractivity contribution in [1.82, 2.24) is 9.80 Å². The van der Waals surface area contributed by atoms with Crippen molar-refractivity contribution in [2.75, 3.05) is 33.2 Å². The Morgan fingerprint density at radius 2 is 2.00 bits per heavy atom. The van der Waals surface area contributed by atoms with Crippen molar-refractivity contribution in [3.05, 3.63) is 0 Å². The van der Waals surface area contributed by atoms with E-state index in [9.17, 15) is 4.79 Å². The Labute approximate surface area is 104 Å². The van der Waals surface area contributed by atoms with Gasteiger partial charge in [-0.05, 0) is 31.8 Å². The molecule has 0 aliphatic carbocycles. The second-order valence-corrected chi connectivity index (χ2v) is 5.16. The molecule has 0 saturated carbocycles. The van der Waals surface area contributed by atoms with Crippen LogP contribution in [0.25, 0.3) is 0 Å². The Balaban J connectivity index is 2.38. The minimum atomic E-state index is -0.501. The molecule has 0 aromatic rings. The van der Waals surface area contributed by atoms with Crippen LogP contribution in [0.2, 0.25) is 0 Å². The molecule has 0 spiro atoms. The van der Waals surface area contributed by atoms with Gasteiger partial charge in [-0.15, -0.1) is 0 Å². The SMILES string of the molecule is CC(C)C(C#N)C(=O)N(C)CCN1CCCC1. The fraction of sp³-hybridized carbons (Fsp3) is 0.846. The average Bonchev–Trinajstić information content (AvgIpc) is 2.78. The lowest BCUT2D eigenvalue weighted by molar-refractivity contribution is -0.133. The topological polar surface area (TPSA) is 47.3 Å². The van der Waals surface area contributed by atoms with Gasteiger partial charge in [-0.3, -0.25) is 4.79 Å². The van der Waals surface area contributed by atoms with Crippen molar-refractivity contribution >= 4 is 5.91 Å². The Hall–Kier alpha value is -1.08. The van der Waals surface area contributed by atoms with Gasteiger partial charge < -0.3 is 9.80 Å². The number of carbonyl (C=O) groups is 1. The Kier molecular flexibility index (Phi) is 5.43. The number of amides is 1. The van der Waals surface area contributed by atoms with E-state index in [0.29, 0.717) is 0 Å². The summed E-state index contributed by atoms with van der Waals surface area (Å²) in [5.41, 5.74) is 0. The maximum Gasteiger partial charge on any atom is 0.239 e. The summed E-state index contributed by atoms with van der Waals surface area (Å²) < 4.78 is 0. The second-order valence-electron chi connectivity index (χ2n) is 5.16. The molecule has 0 radical (unpaired) electrons. The van der Waals surface area contributed by atoms with Gasteiger partial charge in [-0.2, -0.15) is 5.26 Å². The van der Waals surface area contributed by atoms with Gasteiger partial charge in [-0.1, -0.05) is 13.8 Å². The maximum absolute atomic E-state index is 12.0. The molecule has 4 nitrogen and oxygen atoms in total. The van der Waals surface area contributed by atoms with E-state index >= 15 is 0 Å². The van der Waals surface area contributed by atoms with Gasteiger partial charge in [-0.25, -0.2) is 0 Å². The lowest BCUT2D eigenvalue weighted by Crippen LogP contribution is -2.39. The molecule has 0 aromatic carbocycles. The number of hydrogen-bond acceptors (Lipinski definition) is 3. The maximum atomic E-state index is 12.0. The highest BCUT2D eigenvalue weighted by Crippen LogP contribution is 2.13. The summed E-state index contributed by atoms with van der Waals surface area (Å²) in [5.74, 6) is -0.456. The quantitative estimate of drug-likeness (QED) is 0.725. The number of likely N-dealkylation sites (N-methyl/N-ethyl adjacent to an activating group) is 1. The monoisotopic (exact) mass is 237 g/mol. The van der Waals surface area contributed by atoms with Crippen molar-refractivity contribution in [1.29, 1.82) is 5.26 Å². The third-order valence-corrected chi connectivity index (χ3v) is 3.40. The molecular weight excluding hydrogens is 214 g/mol. The molecule has 1 atom stereocenters. The lowest BCUT2D eigenvalue weighted by atomic mass is 9.96. The number of likely N-dealkylation sites (tertiary alicyclic amines) is 1. The van der Waals surface area contributed by atoms with Crippen LogP contribution in [0.4, 0.5) is 0 Å². The molecule has 1 saturated heterocycles. The van der Waals surface area contributed by atoms with Crippen LogP contribution in [-0.4, -0.2) is 48.9 Å². The minimum Gasteiger partial charge on any atom is -0.343 e. The molecule has 96 valence electrons. The second kappa shape index (κ2) is 6.61. The summed E-state index contributed by atoms with van der Waals surface area (Å²) in [6.45, 7) is 7.78. The first-order chi connectivity index (χ1) is 8.06. The van der Waals surface area contributed by atoms with Crippen LogP contribution in [-0.2, 0) is 4.79 Å². The Morgan fingerprint density at radius 1 is 1.41 bits per heavy atom. The molecule has 1 heterocycles. The highest BCUT2D eigenvalue weighted by molar-refractivity contribution is 5.81. The van der Waals surface area contributed by atoms with Crippen LogP contribution in [0.15, 0.2) is 0 Å². The predicted octanol–water partition coefficient (Wildman–Crippen LogP) is 1.34. The lowest BCUT2D eigenvalue weighted by Gasteiger charge is -2.24. The van der Waals surface area contributed by atoms with Crippen molar-refractivity contribution in [2.45, 2.75) is 26.7 Å². The van der Waals surface area contributed by atoms with E-state index in [-0.39, 0.29) is 11.8 Å². The molecule has 1 rings (SSSR count). The standard InChI is InChI=1S/C13H23N3O/c1-11(2)12(10-14)13(17)15(3)8-9-16-6-4-5-7-16/h11-12H,4-9H2,1-3H3. The van der Waals surface area contributed by atoms with Crippen LogP contribution in [0.1, 0.15) is 26.7 Å². The van der Waals surface area contributed by atoms with E-state index in [0.717, 1.165) is 26.2 Å². The van der Waals surface area contributed by atoms with Crippen molar-refractivity contribution < 1.29 is 4.79 Å². The van der Waals surface area contributed by atoms with Gasteiger partial charge in [0.15, 0.2) is 0 Å². The van der Waals surface area contributed by atoms with Crippen molar-refractivity contribution in [3.8, 4) is 6.07 Å². The molecule has 1 unspecified atom stereocenters. The minimum absolute atomic E-state index is 0.0401. The van der Waals surface area contributed by atoms with Gasteiger partial charge in [0.25, 0.3) is 0 Å². The molecular formula is C13H23N3O.